The molecule has 0 saturated heterocycles. The number of aromatic nitrogens is 1. The average Bonchev–Trinajstić information content (AvgIpc) is 2.63. The van der Waals surface area contributed by atoms with Gasteiger partial charge in [0.1, 0.15) is 24.5 Å². The minimum absolute atomic E-state index is 0.156. The molecule has 1 aromatic carbocycles. The maximum Gasteiger partial charge on any atom is 0.323 e. The molecule has 0 aliphatic rings. The van der Waals surface area contributed by atoms with Gasteiger partial charge in [-0.05, 0) is 30.7 Å². The molecule has 0 amide bonds. The maximum absolute atomic E-state index is 11.0. The molecule has 1 atom stereocenters. The van der Waals surface area contributed by atoms with Crippen LogP contribution in [0.4, 0.5) is 0 Å². The molecule has 0 aliphatic carbocycles. The van der Waals surface area contributed by atoms with Crippen molar-refractivity contribution in [2.24, 2.45) is 0 Å². The second-order valence-corrected chi connectivity index (χ2v) is 6.05. The van der Waals surface area contributed by atoms with Crippen LogP contribution in [0.3, 0.4) is 0 Å². The highest BCUT2D eigenvalue weighted by atomic mass is 35.5. The summed E-state index contributed by atoms with van der Waals surface area (Å²) < 4.78 is 5.83. The molecular formula is C18H18ClN3O4. The molecule has 0 spiro atoms. The third-order valence-electron chi connectivity index (χ3n) is 3.68. The number of carboxylic acid groups (broad SMARTS) is 1. The molecule has 0 fully saturated rings. The summed E-state index contributed by atoms with van der Waals surface area (Å²) in [5.41, 5.74) is 2.64. The first-order valence-electron chi connectivity index (χ1n) is 7.77. The summed E-state index contributed by atoms with van der Waals surface area (Å²) in [6.45, 7) is 1.65. The summed E-state index contributed by atoms with van der Waals surface area (Å²) >= 11 is 6.16. The van der Waals surface area contributed by atoms with Crippen LogP contribution in [0.1, 0.15) is 22.3 Å². The normalized spacial score (nSPS) is 11.6. The third kappa shape index (κ3) is 5.17. The van der Waals surface area contributed by atoms with E-state index in [2.05, 4.69) is 10.3 Å². The van der Waals surface area contributed by atoms with Crippen LogP contribution in [0.2, 0.25) is 5.02 Å². The van der Waals surface area contributed by atoms with Gasteiger partial charge in [0.2, 0.25) is 0 Å². The smallest absolute Gasteiger partial charge is 0.323 e. The lowest BCUT2D eigenvalue weighted by molar-refractivity contribution is -0.140. The fourth-order valence-electron chi connectivity index (χ4n) is 2.22. The summed E-state index contributed by atoms with van der Waals surface area (Å²) in [6, 6.07) is 6.07. The van der Waals surface area contributed by atoms with Gasteiger partial charge in [-0.3, -0.25) is 15.1 Å². The zero-order chi connectivity index (χ0) is 19.1. The first-order chi connectivity index (χ1) is 12.4. The van der Waals surface area contributed by atoms with Gasteiger partial charge in [0, 0.05) is 35.1 Å². The number of aliphatic hydroxyl groups excluding tert-OH is 1. The molecule has 0 saturated carbocycles. The Bertz CT molecular complexity index is 836. The molecule has 2 aromatic rings. The van der Waals surface area contributed by atoms with Crippen LogP contribution in [0, 0.1) is 18.3 Å². The molecule has 26 heavy (non-hydrogen) atoms. The number of hydrogen-bond acceptors (Lipinski definition) is 6. The summed E-state index contributed by atoms with van der Waals surface area (Å²) in [5.74, 6) is -0.614. The number of aryl methyl sites for hydroxylation is 1. The van der Waals surface area contributed by atoms with Crippen LogP contribution < -0.4 is 10.1 Å². The van der Waals surface area contributed by atoms with Crippen molar-refractivity contribution in [2.45, 2.75) is 26.1 Å². The second kappa shape index (κ2) is 9.15. The van der Waals surface area contributed by atoms with E-state index in [1.165, 1.54) is 6.20 Å². The van der Waals surface area contributed by atoms with Gasteiger partial charge in [-0.2, -0.15) is 5.26 Å². The Hall–Kier alpha value is -2.66. The van der Waals surface area contributed by atoms with Gasteiger partial charge in [0.15, 0.2) is 0 Å². The van der Waals surface area contributed by atoms with Crippen LogP contribution in [0.25, 0.3) is 0 Å². The van der Waals surface area contributed by atoms with E-state index in [9.17, 15) is 4.79 Å². The minimum atomic E-state index is -1.15. The summed E-state index contributed by atoms with van der Waals surface area (Å²) in [5, 5.41) is 30.3. The maximum atomic E-state index is 11.0. The number of rotatable bonds is 8. The SMILES string of the molecule is Cc1cc(OCc2cncc(C#N)c2)c(CN[C@H](CO)C(=O)O)cc1Cl. The van der Waals surface area contributed by atoms with E-state index in [1.807, 2.05) is 13.0 Å². The molecule has 136 valence electrons. The van der Waals surface area contributed by atoms with E-state index >= 15 is 0 Å². The Balaban J connectivity index is 2.17. The van der Waals surface area contributed by atoms with Gasteiger partial charge < -0.3 is 14.9 Å². The number of aliphatic carboxylic acids is 1. The lowest BCUT2D eigenvalue weighted by atomic mass is 10.1. The number of carboxylic acids is 1. The van der Waals surface area contributed by atoms with Crippen molar-refractivity contribution in [3.63, 3.8) is 0 Å². The molecular weight excluding hydrogens is 358 g/mol. The topological polar surface area (TPSA) is 115 Å². The predicted octanol–water partition coefficient (Wildman–Crippen LogP) is 2.03. The molecule has 0 unspecified atom stereocenters. The van der Waals surface area contributed by atoms with Crippen molar-refractivity contribution in [3.05, 3.63) is 57.9 Å². The molecule has 1 heterocycles. The first kappa shape index (κ1) is 19.7. The van der Waals surface area contributed by atoms with Gasteiger partial charge in [-0.15, -0.1) is 0 Å². The molecule has 7 nitrogen and oxygen atoms in total. The highest BCUT2D eigenvalue weighted by molar-refractivity contribution is 6.31. The number of nitrogens with zero attached hydrogens (tertiary/aromatic N) is 2. The number of hydrogen-bond donors (Lipinski definition) is 3. The molecule has 1 aromatic heterocycles. The lowest BCUT2D eigenvalue weighted by Crippen LogP contribution is -2.39. The molecule has 2 rings (SSSR count). The number of carbonyl (C=O) groups is 1. The zero-order valence-electron chi connectivity index (χ0n) is 14.1. The minimum Gasteiger partial charge on any atom is -0.489 e. The Kier molecular flexibility index (Phi) is 6.92. The molecule has 0 radical (unpaired) electrons. The van der Waals surface area contributed by atoms with Gasteiger partial charge >= 0.3 is 5.97 Å². The number of halogens is 1. The highest BCUT2D eigenvalue weighted by Gasteiger charge is 2.17. The monoisotopic (exact) mass is 375 g/mol. The fraction of sp³-hybridized carbons (Fsp3) is 0.278. The van der Waals surface area contributed by atoms with Crippen molar-refractivity contribution in [3.8, 4) is 11.8 Å². The first-order valence-corrected chi connectivity index (χ1v) is 8.15. The van der Waals surface area contributed by atoms with Gasteiger partial charge in [0.05, 0.1) is 12.2 Å². The van der Waals surface area contributed by atoms with Crippen LogP contribution >= 0.6 is 11.6 Å². The number of ether oxygens (including phenoxy) is 1. The predicted molar refractivity (Wildman–Crippen MR) is 94.8 cm³/mol. The van der Waals surface area contributed by atoms with Crippen molar-refractivity contribution in [2.75, 3.05) is 6.61 Å². The van der Waals surface area contributed by atoms with E-state index in [4.69, 9.17) is 31.8 Å². The number of nitrogens with one attached hydrogen (secondary N) is 1. The van der Waals surface area contributed by atoms with Crippen molar-refractivity contribution >= 4 is 17.6 Å². The van der Waals surface area contributed by atoms with Crippen molar-refractivity contribution < 1.29 is 19.7 Å². The number of aliphatic hydroxyl groups is 1. The quantitative estimate of drug-likeness (QED) is 0.646. The largest absolute Gasteiger partial charge is 0.489 e. The van der Waals surface area contributed by atoms with E-state index in [-0.39, 0.29) is 13.2 Å². The number of nitriles is 1. The van der Waals surface area contributed by atoms with Crippen LogP contribution in [0.5, 0.6) is 5.75 Å². The molecule has 8 heteroatoms. The van der Waals surface area contributed by atoms with E-state index in [0.29, 0.717) is 21.9 Å². The Labute approximate surface area is 155 Å². The molecule has 3 N–H and O–H groups in total. The summed E-state index contributed by atoms with van der Waals surface area (Å²) in [6.07, 6.45) is 3.07. The lowest BCUT2D eigenvalue weighted by Gasteiger charge is -2.16. The summed E-state index contributed by atoms with van der Waals surface area (Å²) in [4.78, 5) is 15.0. The standard InChI is InChI=1S/C18H18ClN3O4/c1-11-2-17(26-10-13-3-12(5-20)6-21-7-13)14(4-15(11)19)8-22-16(9-23)18(24)25/h2-4,6-7,16,22-23H,8-10H2,1H3,(H,24,25)/t16-/m1/s1. The molecule has 0 bridgehead atoms. The Morgan fingerprint density at radius 1 is 1.42 bits per heavy atom. The Morgan fingerprint density at radius 3 is 2.85 bits per heavy atom. The third-order valence-corrected chi connectivity index (χ3v) is 4.09. The zero-order valence-corrected chi connectivity index (χ0v) is 14.8. The number of benzene rings is 1. The molecule has 0 aliphatic heterocycles. The van der Waals surface area contributed by atoms with Gasteiger partial charge in [-0.25, -0.2) is 0 Å². The van der Waals surface area contributed by atoms with E-state index in [1.54, 1.807) is 24.4 Å². The summed E-state index contributed by atoms with van der Waals surface area (Å²) in [7, 11) is 0. The van der Waals surface area contributed by atoms with Crippen LogP contribution in [-0.4, -0.2) is 33.8 Å². The van der Waals surface area contributed by atoms with Crippen molar-refractivity contribution in [1.82, 2.24) is 10.3 Å². The van der Waals surface area contributed by atoms with Crippen molar-refractivity contribution in [1.29, 1.82) is 5.26 Å². The van der Waals surface area contributed by atoms with Gasteiger partial charge in [0.25, 0.3) is 0 Å². The van der Waals surface area contributed by atoms with E-state index < -0.39 is 18.6 Å². The fourth-order valence-corrected chi connectivity index (χ4v) is 2.41. The van der Waals surface area contributed by atoms with Crippen LogP contribution in [0.15, 0.2) is 30.6 Å². The average molecular weight is 376 g/mol. The van der Waals surface area contributed by atoms with E-state index in [0.717, 1.165) is 11.1 Å². The number of pyridine rings is 1. The van der Waals surface area contributed by atoms with Gasteiger partial charge in [-0.1, -0.05) is 11.6 Å². The Morgan fingerprint density at radius 2 is 2.19 bits per heavy atom. The van der Waals surface area contributed by atoms with Crippen LogP contribution in [-0.2, 0) is 17.9 Å². The highest BCUT2D eigenvalue weighted by Crippen LogP contribution is 2.27. The second-order valence-electron chi connectivity index (χ2n) is 5.65.